The summed E-state index contributed by atoms with van der Waals surface area (Å²) in [6, 6.07) is 6.68. The van der Waals surface area contributed by atoms with Crippen molar-refractivity contribution >= 4 is 35.0 Å². The van der Waals surface area contributed by atoms with Crippen LogP contribution in [0.1, 0.15) is 32.2 Å². The maximum absolute atomic E-state index is 11.9. The summed E-state index contributed by atoms with van der Waals surface area (Å²) in [5, 5.41) is 11.5. The van der Waals surface area contributed by atoms with Crippen LogP contribution in [-0.4, -0.2) is 21.9 Å². The Balaban J connectivity index is 1.84. The zero-order chi connectivity index (χ0) is 16.8. The Morgan fingerprint density at radius 2 is 2.22 bits per heavy atom. The third kappa shape index (κ3) is 5.85. The number of carbonyl (C=O) groups is 1. The third-order valence-corrected chi connectivity index (χ3v) is 3.95. The van der Waals surface area contributed by atoms with Crippen LogP contribution in [0.4, 0.5) is 5.69 Å². The molecular weight excluding hydrogens is 336 g/mol. The maximum Gasteiger partial charge on any atom is 0.277 e. The van der Waals surface area contributed by atoms with Crippen LogP contribution < -0.4 is 11.1 Å². The van der Waals surface area contributed by atoms with Crippen LogP contribution in [0.2, 0.25) is 5.02 Å². The number of nitrogens with two attached hydrogens (primary N) is 1. The molecule has 2 aromatic rings. The molecule has 0 saturated heterocycles. The average molecular weight is 355 g/mol. The summed E-state index contributed by atoms with van der Waals surface area (Å²) in [6.45, 7) is 4.15. The van der Waals surface area contributed by atoms with E-state index in [9.17, 15) is 4.79 Å². The van der Waals surface area contributed by atoms with Crippen molar-refractivity contribution in [3.8, 4) is 0 Å². The molecule has 1 aromatic heterocycles. The van der Waals surface area contributed by atoms with Crippen LogP contribution >= 0.6 is 23.4 Å². The molecule has 0 fully saturated rings. The van der Waals surface area contributed by atoms with E-state index in [4.69, 9.17) is 21.8 Å². The van der Waals surface area contributed by atoms with Crippen LogP contribution in [0.3, 0.4) is 0 Å². The Morgan fingerprint density at radius 1 is 1.43 bits per heavy atom. The molecule has 0 unspecified atom stereocenters. The number of carbonyl (C=O) groups excluding carboxylic acids is 1. The summed E-state index contributed by atoms with van der Waals surface area (Å²) >= 11 is 7.04. The summed E-state index contributed by atoms with van der Waals surface area (Å²) in [7, 11) is 0. The lowest BCUT2D eigenvalue weighted by Crippen LogP contribution is -2.14. The number of hydrogen-bond acceptors (Lipinski definition) is 6. The Morgan fingerprint density at radius 3 is 2.91 bits per heavy atom. The number of hydrogen-bond donors (Lipinski definition) is 2. The van der Waals surface area contributed by atoms with Crippen LogP contribution in [0.5, 0.6) is 0 Å². The first-order valence-electron chi connectivity index (χ1n) is 7.21. The van der Waals surface area contributed by atoms with Gasteiger partial charge < -0.3 is 15.5 Å². The molecule has 8 heteroatoms. The highest BCUT2D eigenvalue weighted by atomic mass is 35.5. The van der Waals surface area contributed by atoms with Crippen molar-refractivity contribution in [2.45, 2.75) is 31.5 Å². The number of amides is 1. The van der Waals surface area contributed by atoms with E-state index in [-0.39, 0.29) is 17.7 Å². The molecule has 6 nitrogen and oxygen atoms in total. The Labute approximate surface area is 144 Å². The summed E-state index contributed by atoms with van der Waals surface area (Å²) in [6.07, 6.45) is 0.765. The number of anilines is 1. The predicted molar refractivity (Wildman–Crippen MR) is 91.5 cm³/mol. The van der Waals surface area contributed by atoms with E-state index in [1.807, 2.05) is 0 Å². The van der Waals surface area contributed by atoms with E-state index in [0.717, 1.165) is 6.42 Å². The van der Waals surface area contributed by atoms with Crippen molar-refractivity contribution in [1.29, 1.82) is 0 Å². The second-order valence-corrected chi connectivity index (χ2v) is 6.85. The maximum atomic E-state index is 11.9. The Bertz CT molecular complexity index is 662. The van der Waals surface area contributed by atoms with E-state index in [0.29, 0.717) is 27.7 Å². The minimum Gasteiger partial charge on any atom is -0.414 e. The first-order chi connectivity index (χ1) is 10.9. The van der Waals surface area contributed by atoms with Crippen molar-refractivity contribution in [3.63, 3.8) is 0 Å². The topological polar surface area (TPSA) is 94.0 Å². The number of benzene rings is 1. The molecule has 1 amide bonds. The van der Waals surface area contributed by atoms with E-state index in [2.05, 4.69) is 29.4 Å². The fraction of sp³-hybridized carbons (Fsp3) is 0.400. The van der Waals surface area contributed by atoms with Crippen LogP contribution in [0.25, 0.3) is 0 Å². The molecule has 1 heterocycles. The molecule has 0 spiro atoms. The minimum atomic E-state index is -0.280. The summed E-state index contributed by atoms with van der Waals surface area (Å²) < 4.78 is 5.48. The van der Waals surface area contributed by atoms with E-state index in [1.54, 1.807) is 24.3 Å². The van der Waals surface area contributed by atoms with Crippen molar-refractivity contribution in [3.05, 3.63) is 35.2 Å². The molecule has 124 valence electrons. The van der Waals surface area contributed by atoms with Crippen molar-refractivity contribution in [1.82, 2.24) is 10.2 Å². The molecular formula is C15H19ClN4O2S. The van der Waals surface area contributed by atoms with Gasteiger partial charge in [-0.1, -0.05) is 43.3 Å². The van der Waals surface area contributed by atoms with Gasteiger partial charge in [-0.2, -0.15) is 0 Å². The van der Waals surface area contributed by atoms with E-state index in [1.165, 1.54) is 11.8 Å². The van der Waals surface area contributed by atoms with Crippen molar-refractivity contribution in [2.24, 2.45) is 11.7 Å². The van der Waals surface area contributed by atoms with Gasteiger partial charge in [-0.15, -0.1) is 10.2 Å². The largest absolute Gasteiger partial charge is 0.414 e. The van der Waals surface area contributed by atoms with Gasteiger partial charge in [-0.3, -0.25) is 4.79 Å². The van der Waals surface area contributed by atoms with Crippen LogP contribution in [0.15, 0.2) is 33.9 Å². The quantitative estimate of drug-likeness (QED) is 0.739. The van der Waals surface area contributed by atoms with Gasteiger partial charge in [0.25, 0.3) is 5.22 Å². The van der Waals surface area contributed by atoms with Gasteiger partial charge >= 0.3 is 0 Å². The lowest BCUT2D eigenvalue weighted by Gasteiger charge is -2.08. The molecule has 1 aromatic carbocycles. The van der Waals surface area contributed by atoms with Gasteiger partial charge in [0.05, 0.1) is 11.8 Å². The molecule has 0 aliphatic rings. The van der Waals surface area contributed by atoms with Crippen molar-refractivity contribution < 1.29 is 9.21 Å². The fourth-order valence-corrected chi connectivity index (χ4v) is 2.69. The van der Waals surface area contributed by atoms with E-state index < -0.39 is 0 Å². The molecule has 2 rings (SSSR count). The zero-order valence-corrected chi connectivity index (χ0v) is 14.5. The van der Waals surface area contributed by atoms with Gasteiger partial charge in [-0.25, -0.2) is 0 Å². The molecule has 3 N–H and O–H groups in total. The zero-order valence-electron chi connectivity index (χ0n) is 13.0. The summed E-state index contributed by atoms with van der Waals surface area (Å²) in [4.78, 5) is 11.9. The lowest BCUT2D eigenvalue weighted by molar-refractivity contribution is -0.113. The first-order valence-corrected chi connectivity index (χ1v) is 8.57. The third-order valence-electron chi connectivity index (χ3n) is 2.90. The minimum absolute atomic E-state index is 0.160. The molecule has 23 heavy (non-hydrogen) atoms. The number of rotatable bonds is 7. The number of aromatic nitrogens is 2. The Hall–Kier alpha value is -1.57. The van der Waals surface area contributed by atoms with Gasteiger partial charge in [-0.05, 0) is 30.5 Å². The number of nitrogens with one attached hydrogen (secondary N) is 1. The van der Waals surface area contributed by atoms with E-state index >= 15 is 0 Å². The molecule has 0 radical (unpaired) electrons. The van der Waals surface area contributed by atoms with Crippen LogP contribution in [-0.2, 0) is 4.79 Å². The second kappa shape index (κ2) is 8.33. The van der Waals surface area contributed by atoms with Gasteiger partial charge in [0, 0.05) is 10.7 Å². The standard InChI is InChI=1S/C15H19ClN4O2S/c1-9(2)6-12(17)14-19-20-15(22-14)23-8-13(21)18-11-5-3-4-10(16)7-11/h3-5,7,9,12H,6,8,17H2,1-2H3,(H,18,21)/t12-/m0/s1. The van der Waals surface area contributed by atoms with Gasteiger partial charge in [0.1, 0.15) is 0 Å². The van der Waals surface area contributed by atoms with Crippen molar-refractivity contribution in [2.75, 3.05) is 11.1 Å². The normalized spacial score (nSPS) is 12.4. The number of nitrogens with zero attached hydrogens (tertiary/aromatic N) is 2. The Kier molecular flexibility index (Phi) is 6.44. The molecule has 0 aliphatic heterocycles. The smallest absolute Gasteiger partial charge is 0.277 e. The molecule has 0 aliphatic carbocycles. The molecule has 1 atom stereocenters. The summed E-state index contributed by atoms with van der Waals surface area (Å²) in [5.74, 6) is 0.824. The highest BCUT2D eigenvalue weighted by molar-refractivity contribution is 7.99. The number of halogens is 1. The molecule has 0 bridgehead atoms. The first kappa shape index (κ1) is 17.8. The SMILES string of the molecule is CC(C)C[C@H](N)c1nnc(SCC(=O)Nc2cccc(Cl)c2)o1. The monoisotopic (exact) mass is 354 g/mol. The second-order valence-electron chi connectivity index (χ2n) is 5.49. The average Bonchev–Trinajstić information content (AvgIpc) is 2.93. The summed E-state index contributed by atoms with van der Waals surface area (Å²) in [5.41, 5.74) is 6.63. The molecule has 0 saturated carbocycles. The highest BCUT2D eigenvalue weighted by Crippen LogP contribution is 2.22. The highest BCUT2D eigenvalue weighted by Gasteiger charge is 2.16. The van der Waals surface area contributed by atoms with Gasteiger partial charge in [0.2, 0.25) is 11.8 Å². The van der Waals surface area contributed by atoms with Gasteiger partial charge in [0.15, 0.2) is 0 Å². The van der Waals surface area contributed by atoms with Crippen LogP contribution in [0, 0.1) is 5.92 Å². The predicted octanol–water partition coefficient (Wildman–Crippen LogP) is 3.50. The fourth-order valence-electron chi connectivity index (χ4n) is 1.93. The lowest BCUT2D eigenvalue weighted by atomic mass is 10.1. The number of thioether (sulfide) groups is 1.